The molecule has 0 radical (unpaired) electrons. The first-order valence-electron chi connectivity index (χ1n) is 3.91. The Kier molecular flexibility index (Phi) is 4.86. The topological polar surface area (TPSA) is 46.5 Å². The Bertz CT molecular complexity index is 121. The van der Waals surface area contributed by atoms with Crippen molar-refractivity contribution in [1.29, 1.82) is 0 Å². The smallest absolute Gasteiger partial charge is 0.306 e. The summed E-state index contributed by atoms with van der Waals surface area (Å²) in [6, 6.07) is 0. The predicted octanol–water partition coefficient (Wildman–Crippen LogP) is 0.956. The summed E-state index contributed by atoms with van der Waals surface area (Å²) < 4.78 is 4.71. The molecular weight excluding hydrogens is 144 g/mol. The van der Waals surface area contributed by atoms with Crippen molar-refractivity contribution in [3.63, 3.8) is 0 Å². The molecule has 0 aliphatic heterocycles. The molecule has 0 aromatic heterocycles. The molecule has 0 saturated carbocycles. The van der Waals surface area contributed by atoms with Crippen LogP contribution in [0.15, 0.2) is 0 Å². The monoisotopic (exact) mass is 160 g/mol. The molecular formula is C8H16O3. The van der Waals surface area contributed by atoms with E-state index in [1.165, 1.54) is 0 Å². The van der Waals surface area contributed by atoms with Crippen molar-refractivity contribution in [2.45, 2.75) is 33.3 Å². The first-order chi connectivity index (χ1) is 5.07. The van der Waals surface area contributed by atoms with E-state index >= 15 is 0 Å². The Morgan fingerprint density at radius 3 is 2.45 bits per heavy atom. The summed E-state index contributed by atoms with van der Waals surface area (Å²) in [5.74, 6) is -0.255. The maximum Gasteiger partial charge on any atom is 0.306 e. The molecule has 0 amide bonds. The van der Waals surface area contributed by atoms with Gasteiger partial charge >= 0.3 is 5.97 Å². The number of hydrogen-bond acceptors (Lipinski definition) is 3. The van der Waals surface area contributed by atoms with Crippen LogP contribution >= 0.6 is 0 Å². The summed E-state index contributed by atoms with van der Waals surface area (Å²) in [6.45, 7) is 5.67. The van der Waals surface area contributed by atoms with Gasteiger partial charge in [-0.3, -0.25) is 4.79 Å². The minimum atomic E-state index is -0.445. The molecule has 0 saturated heterocycles. The third-order valence-corrected chi connectivity index (χ3v) is 1.62. The second kappa shape index (κ2) is 5.13. The predicted molar refractivity (Wildman–Crippen MR) is 42.1 cm³/mol. The van der Waals surface area contributed by atoms with Gasteiger partial charge in [0.05, 0.1) is 19.1 Å². The molecule has 0 aliphatic carbocycles. The first-order valence-corrected chi connectivity index (χ1v) is 3.91. The van der Waals surface area contributed by atoms with Crippen LogP contribution in [0.5, 0.6) is 0 Å². The van der Waals surface area contributed by atoms with E-state index in [0.717, 1.165) is 0 Å². The van der Waals surface area contributed by atoms with Crippen LogP contribution in [0, 0.1) is 5.92 Å². The Hall–Kier alpha value is -0.570. The van der Waals surface area contributed by atoms with Crippen molar-refractivity contribution < 1.29 is 14.6 Å². The molecule has 1 N–H and O–H groups in total. The van der Waals surface area contributed by atoms with Crippen molar-refractivity contribution in [2.75, 3.05) is 6.61 Å². The lowest BCUT2D eigenvalue weighted by Gasteiger charge is -2.12. The molecule has 11 heavy (non-hydrogen) atoms. The molecule has 0 bridgehead atoms. The van der Waals surface area contributed by atoms with Gasteiger partial charge in [0.2, 0.25) is 0 Å². The molecule has 0 aromatic rings. The highest BCUT2D eigenvalue weighted by Crippen LogP contribution is 2.07. The summed E-state index contributed by atoms with van der Waals surface area (Å²) in [7, 11) is 0. The highest BCUT2D eigenvalue weighted by molar-refractivity contribution is 5.69. The van der Waals surface area contributed by atoms with Crippen molar-refractivity contribution in [3.05, 3.63) is 0 Å². The SMILES string of the molecule is CCOC(=O)CC(C)C(C)O. The lowest BCUT2D eigenvalue weighted by molar-refractivity contribution is -0.144. The lowest BCUT2D eigenvalue weighted by atomic mass is 10.0. The minimum absolute atomic E-state index is 0.0194. The summed E-state index contributed by atoms with van der Waals surface area (Å²) in [5, 5.41) is 9.03. The van der Waals surface area contributed by atoms with Gasteiger partial charge in [-0.2, -0.15) is 0 Å². The number of hydrogen-bond donors (Lipinski definition) is 1. The zero-order chi connectivity index (χ0) is 8.85. The van der Waals surface area contributed by atoms with Crippen molar-refractivity contribution >= 4 is 5.97 Å². The van der Waals surface area contributed by atoms with Gasteiger partial charge < -0.3 is 9.84 Å². The van der Waals surface area contributed by atoms with Gasteiger partial charge in [0.1, 0.15) is 0 Å². The Morgan fingerprint density at radius 2 is 2.09 bits per heavy atom. The Morgan fingerprint density at radius 1 is 1.55 bits per heavy atom. The molecule has 0 rings (SSSR count). The van der Waals surface area contributed by atoms with E-state index in [1.807, 2.05) is 6.92 Å². The summed E-state index contributed by atoms with van der Waals surface area (Å²) in [6.07, 6.45) is -0.148. The summed E-state index contributed by atoms with van der Waals surface area (Å²) >= 11 is 0. The van der Waals surface area contributed by atoms with Gasteiger partial charge in [0.25, 0.3) is 0 Å². The summed E-state index contributed by atoms with van der Waals surface area (Å²) in [4.78, 5) is 10.8. The molecule has 0 fully saturated rings. The number of ether oxygens (including phenoxy) is 1. The fourth-order valence-corrected chi connectivity index (χ4v) is 0.653. The number of aliphatic hydroxyl groups is 1. The third-order valence-electron chi connectivity index (χ3n) is 1.62. The average Bonchev–Trinajstić information content (AvgIpc) is 1.87. The van der Waals surface area contributed by atoms with Crippen LogP contribution in [0.1, 0.15) is 27.2 Å². The van der Waals surface area contributed by atoms with E-state index in [2.05, 4.69) is 0 Å². The van der Waals surface area contributed by atoms with E-state index in [9.17, 15) is 4.79 Å². The second-order valence-electron chi connectivity index (χ2n) is 2.73. The van der Waals surface area contributed by atoms with E-state index in [1.54, 1.807) is 13.8 Å². The largest absolute Gasteiger partial charge is 0.466 e. The number of rotatable bonds is 4. The maximum atomic E-state index is 10.8. The van der Waals surface area contributed by atoms with E-state index in [-0.39, 0.29) is 11.9 Å². The normalized spacial score (nSPS) is 15.6. The van der Waals surface area contributed by atoms with Gasteiger partial charge in [-0.25, -0.2) is 0 Å². The number of carbonyl (C=O) groups is 1. The second-order valence-corrected chi connectivity index (χ2v) is 2.73. The quantitative estimate of drug-likeness (QED) is 0.623. The van der Waals surface area contributed by atoms with Crippen molar-refractivity contribution in [2.24, 2.45) is 5.92 Å². The van der Waals surface area contributed by atoms with E-state index in [4.69, 9.17) is 9.84 Å². The molecule has 3 nitrogen and oxygen atoms in total. The molecule has 0 aliphatic rings. The highest BCUT2D eigenvalue weighted by atomic mass is 16.5. The standard InChI is InChI=1S/C8H16O3/c1-4-11-8(10)5-6(2)7(3)9/h6-7,9H,4-5H2,1-3H3. The minimum Gasteiger partial charge on any atom is -0.466 e. The van der Waals surface area contributed by atoms with Gasteiger partial charge in [-0.1, -0.05) is 6.92 Å². The fraction of sp³-hybridized carbons (Fsp3) is 0.875. The van der Waals surface area contributed by atoms with Crippen LogP contribution in [0.2, 0.25) is 0 Å². The van der Waals surface area contributed by atoms with Crippen LogP contribution in [0.4, 0.5) is 0 Å². The fourth-order valence-electron chi connectivity index (χ4n) is 0.653. The Labute approximate surface area is 67.4 Å². The van der Waals surface area contributed by atoms with Gasteiger partial charge in [0.15, 0.2) is 0 Å². The number of aliphatic hydroxyl groups excluding tert-OH is 1. The molecule has 66 valence electrons. The third kappa shape index (κ3) is 4.79. The van der Waals surface area contributed by atoms with Crippen LogP contribution < -0.4 is 0 Å². The van der Waals surface area contributed by atoms with Gasteiger partial charge in [0, 0.05) is 0 Å². The maximum absolute atomic E-state index is 10.8. The van der Waals surface area contributed by atoms with Crippen molar-refractivity contribution in [3.8, 4) is 0 Å². The van der Waals surface area contributed by atoms with Crippen LogP contribution in [-0.4, -0.2) is 23.8 Å². The molecule has 0 aromatic carbocycles. The van der Waals surface area contributed by atoms with Gasteiger partial charge in [-0.15, -0.1) is 0 Å². The molecule has 3 heteroatoms. The molecule has 2 unspecified atom stereocenters. The van der Waals surface area contributed by atoms with E-state index < -0.39 is 6.10 Å². The average molecular weight is 160 g/mol. The van der Waals surface area contributed by atoms with Gasteiger partial charge in [-0.05, 0) is 19.8 Å². The highest BCUT2D eigenvalue weighted by Gasteiger charge is 2.13. The lowest BCUT2D eigenvalue weighted by Crippen LogP contribution is -2.18. The Balaban J connectivity index is 3.57. The van der Waals surface area contributed by atoms with Crippen LogP contribution in [-0.2, 0) is 9.53 Å². The zero-order valence-electron chi connectivity index (χ0n) is 7.33. The zero-order valence-corrected chi connectivity index (χ0v) is 7.33. The number of carbonyl (C=O) groups excluding carboxylic acids is 1. The molecule has 2 atom stereocenters. The van der Waals surface area contributed by atoms with Crippen LogP contribution in [0.3, 0.4) is 0 Å². The van der Waals surface area contributed by atoms with Crippen LogP contribution in [0.25, 0.3) is 0 Å². The van der Waals surface area contributed by atoms with E-state index in [0.29, 0.717) is 13.0 Å². The molecule has 0 heterocycles. The number of esters is 1. The van der Waals surface area contributed by atoms with Crippen molar-refractivity contribution in [1.82, 2.24) is 0 Å². The molecule has 0 spiro atoms. The summed E-state index contributed by atoms with van der Waals surface area (Å²) in [5.41, 5.74) is 0. The first kappa shape index (κ1) is 10.4.